The average molecular weight is 559 g/mol. The van der Waals surface area contributed by atoms with Crippen molar-refractivity contribution in [3.05, 3.63) is 59.8 Å². The number of sulfonamides is 1. The van der Waals surface area contributed by atoms with Gasteiger partial charge in [-0.25, -0.2) is 13.4 Å². The molecule has 3 N–H and O–H groups in total. The number of dihydropyridines is 1. The second-order valence-corrected chi connectivity index (χ2v) is 12.2. The zero-order valence-electron chi connectivity index (χ0n) is 23.5. The third-order valence-electron chi connectivity index (χ3n) is 6.95. The third kappa shape index (κ3) is 6.22. The second kappa shape index (κ2) is 11.7. The molecule has 1 aromatic heterocycles. The van der Waals surface area contributed by atoms with Gasteiger partial charge < -0.3 is 20.7 Å². The van der Waals surface area contributed by atoms with E-state index in [1.165, 1.54) is 18.5 Å². The molecule has 11 nitrogen and oxygen atoms in total. The van der Waals surface area contributed by atoms with Gasteiger partial charge in [-0.15, -0.1) is 0 Å². The summed E-state index contributed by atoms with van der Waals surface area (Å²) in [6.07, 6.45) is 6.14. The molecule has 0 bridgehead atoms. The first kappa shape index (κ1) is 27.1. The van der Waals surface area contributed by atoms with Crippen LogP contribution in [0.2, 0.25) is 1.41 Å². The van der Waals surface area contributed by atoms with Gasteiger partial charge in [0, 0.05) is 24.0 Å². The number of nitrogens with zero attached hydrogens (tertiary/aromatic N) is 2. The lowest BCUT2D eigenvalue weighted by molar-refractivity contribution is -0.134. The number of carbonyl (C=O) groups excluding carboxylic acids is 3. The Balaban J connectivity index is 1.46. The number of hydrogen-bond donors (Lipinski definition) is 3. The normalized spacial score (nSPS) is 24.9. The molecule has 3 aliphatic heterocycles. The van der Waals surface area contributed by atoms with E-state index in [1.807, 2.05) is 13.8 Å². The number of allylic oxidation sites excluding steroid dienone is 2. The van der Waals surface area contributed by atoms with Crippen molar-refractivity contribution in [3.8, 4) is 0 Å². The van der Waals surface area contributed by atoms with Crippen molar-refractivity contribution in [1.29, 1.82) is 0 Å². The third-order valence-corrected chi connectivity index (χ3v) is 8.83. The molecule has 4 rings (SSSR count). The van der Waals surface area contributed by atoms with Crippen LogP contribution in [0, 0.1) is 5.92 Å². The van der Waals surface area contributed by atoms with E-state index >= 15 is 0 Å². The molecule has 0 radical (unpaired) electrons. The van der Waals surface area contributed by atoms with Crippen LogP contribution in [0.25, 0.3) is 0 Å². The Kier molecular flexibility index (Phi) is 8.12. The minimum Gasteiger partial charge on any atom is -0.474 e. The topological polar surface area (TPSA) is 147 Å². The maximum absolute atomic E-state index is 13.4. The summed E-state index contributed by atoms with van der Waals surface area (Å²) in [7, 11) is -4.01. The molecule has 1 unspecified atom stereocenters. The molecule has 0 saturated carbocycles. The number of ketones is 1. The fourth-order valence-corrected chi connectivity index (χ4v) is 6.38. The van der Waals surface area contributed by atoms with Crippen LogP contribution in [0.1, 0.15) is 47.0 Å². The van der Waals surface area contributed by atoms with Crippen molar-refractivity contribution < 1.29 is 29.0 Å². The standard InChI is InChI=1S/C27H35N5O6S/c1-16(2)14-20(31-27(35)25-18(4)24-22(38-25)8-7-13-29-24)26(34)30-19-11-10-17(3)32(15-21(19)33)39(36,37)23-9-5-6-12-28-23/h5-9,12-13,16-17,19-20,25,29H,10-11,14-15H2,1-4H3,(H,30,34)(H,31,35)/t17-,19+,20+,25?/m1/s1/i/hD. The number of rotatable bonds is 8. The van der Waals surface area contributed by atoms with Gasteiger partial charge in [-0.2, -0.15) is 4.31 Å². The summed E-state index contributed by atoms with van der Waals surface area (Å²) >= 11 is 0. The number of ether oxygens (including phenoxy) is 1. The minimum absolute atomic E-state index is 0.0436. The number of aromatic nitrogens is 1. The number of hydrogen-bond acceptors (Lipinski definition) is 8. The number of Topliss-reactive ketones (excluding diaryl/α,β-unsaturated/α-hetero) is 1. The van der Waals surface area contributed by atoms with E-state index in [4.69, 9.17) is 6.15 Å². The van der Waals surface area contributed by atoms with Crippen LogP contribution in [-0.2, 0) is 29.1 Å². The molecule has 1 fully saturated rings. The zero-order valence-corrected chi connectivity index (χ0v) is 23.3. The van der Waals surface area contributed by atoms with Gasteiger partial charge in [0.2, 0.25) is 5.91 Å². The van der Waals surface area contributed by atoms with Gasteiger partial charge in [-0.05, 0) is 63.3 Å². The predicted molar refractivity (Wildman–Crippen MR) is 143 cm³/mol. The van der Waals surface area contributed by atoms with Gasteiger partial charge in [0.25, 0.3) is 15.9 Å². The second-order valence-electron chi connectivity index (χ2n) is 10.4. The van der Waals surface area contributed by atoms with Gasteiger partial charge in [0.1, 0.15) is 11.8 Å². The average Bonchev–Trinajstić information content (AvgIpc) is 3.18. The van der Waals surface area contributed by atoms with E-state index < -0.39 is 58.4 Å². The number of carbonyl (C=O) groups is 3. The van der Waals surface area contributed by atoms with Crippen LogP contribution >= 0.6 is 0 Å². The summed E-state index contributed by atoms with van der Waals surface area (Å²) < 4.78 is 41.3. The summed E-state index contributed by atoms with van der Waals surface area (Å²) in [5, 5.41) is 6.51. The smallest absolute Gasteiger partial charge is 0.266 e. The lowest BCUT2D eigenvalue weighted by Gasteiger charge is -2.25. The Bertz CT molecular complexity index is 1360. The van der Waals surface area contributed by atoms with Crippen LogP contribution in [0.5, 0.6) is 0 Å². The number of pyridine rings is 1. The monoisotopic (exact) mass is 558 g/mol. The van der Waals surface area contributed by atoms with Gasteiger partial charge in [0.05, 0.1) is 18.3 Å². The maximum atomic E-state index is 13.4. The van der Waals surface area contributed by atoms with Crippen molar-refractivity contribution >= 4 is 27.6 Å². The predicted octanol–water partition coefficient (Wildman–Crippen LogP) is 1.51. The highest BCUT2D eigenvalue weighted by atomic mass is 32.2. The van der Waals surface area contributed by atoms with E-state index in [0.717, 1.165) is 9.62 Å². The first-order valence-corrected chi connectivity index (χ1v) is 14.4. The summed E-state index contributed by atoms with van der Waals surface area (Å²) in [6, 6.07) is 2.21. The molecule has 4 heterocycles. The fourth-order valence-electron chi connectivity index (χ4n) is 4.82. The Hall–Kier alpha value is -3.51. The van der Waals surface area contributed by atoms with E-state index in [1.54, 1.807) is 38.1 Å². The molecule has 12 heteroatoms. The van der Waals surface area contributed by atoms with Crippen LogP contribution < -0.4 is 15.9 Å². The molecule has 2 amide bonds. The summed E-state index contributed by atoms with van der Waals surface area (Å²) in [4.78, 5) is 43.7. The highest BCUT2D eigenvalue weighted by molar-refractivity contribution is 7.89. The molecular formula is C27H35N5O6S. The van der Waals surface area contributed by atoms with Gasteiger partial charge in [-0.1, -0.05) is 19.9 Å². The quantitative estimate of drug-likeness (QED) is 0.435. The van der Waals surface area contributed by atoms with Crippen LogP contribution in [0.4, 0.5) is 0 Å². The van der Waals surface area contributed by atoms with Gasteiger partial charge in [-0.3, -0.25) is 14.4 Å². The van der Waals surface area contributed by atoms with Crippen molar-refractivity contribution in [2.24, 2.45) is 5.92 Å². The first-order valence-electron chi connectivity index (χ1n) is 13.5. The van der Waals surface area contributed by atoms with Crippen molar-refractivity contribution in [2.45, 2.75) is 76.2 Å². The molecule has 0 aromatic carbocycles. The molecule has 0 spiro atoms. The Labute approximate surface area is 230 Å². The largest absolute Gasteiger partial charge is 0.474 e. The molecule has 4 atom stereocenters. The fraction of sp³-hybridized carbons (Fsp3) is 0.481. The van der Waals surface area contributed by atoms with Gasteiger partial charge >= 0.3 is 0 Å². The Morgan fingerprint density at radius 3 is 2.74 bits per heavy atom. The summed E-state index contributed by atoms with van der Waals surface area (Å²) in [5.41, 5.74) is 1.03. The summed E-state index contributed by atoms with van der Waals surface area (Å²) in [6.45, 7) is 6.84. The van der Waals surface area contributed by atoms with E-state index in [-0.39, 0.29) is 17.4 Å². The molecular weight excluding hydrogens is 522 g/mol. The van der Waals surface area contributed by atoms with Crippen LogP contribution in [-0.4, -0.2) is 66.1 Å². The van der Waals surface area contributed by atoms with E-state index in [2.05, 4.69) is 15.6 Å². The number of fused-ring (bicyclic) bond motifs is 1. The molecule has 3 aliphatic rings. The molecule has 0 aliphatic carbocycles. The molecule has 39 heavy (non-hydrogen) atoms. The van der Waals surface area contributed by atoms with Crippen LogP contribution in [0.3, 0.4) is 0 Å². The van der Waals surface area contributed by atoms with Gasteiger partial charge in [0.15, 0.2) is 18.3 Å². The van der Waals surface area contributed by atoms with Crippen molar-refractivity contribution in [2.75, 3.05) is 6.54 Å². The van der Waals surface area contributed by atoms with E-state index in [9.17, 15) is 22.8 Å². The molecule has 210 valence electrons. The molecule has 1 saturated heterocycles. The number of nitrogens with one attached hydrogen (secondary N) is 3. The summed E-state index contributed by atoms with van der Waals surface area (Å²) in [5.74, 6) is -1.04. The molecule has 1 aromatic rings. The number of amides is 2. The Morgan fingerprint density at radius 2 is 2.08 bits per heavy atom. The van der Waals surface area contributed by atoms with Crippen LogP contribution in [0.15, 0.2) is 64.8 Å². The van der Waals surface area contributed by atoms with E-state index in [0.29, 0.717) is 29.9 Å². The Morgan fingerprint density at radius 1 is 1.31 bits per heavy atom. The first-order chi connectivity index (χ1) is 18.9. The SMILES string of the molecule is [2H]N1C=CC=C2OC(C(=O)N[C@@H](CC(C)C)C(=O)N[C@H]3CC[C@@H](C)N(S(=O)(=O)c4ccccn4)CC3=O)C(C)=C21. The lowest BCUT2D eigenvalue weighted by atomic mass is 10.0. The zero-order chi connectivity index (χ0) is 29.2. The van der Waals surface area contributed by atoms with Crippen molar-refractivity contribution in [3.63, 3.8) is 0 Å². The highest BCUT2D eigenvalue weighted by Gasteiger charge is 2.39. The maximum Gasteiger partial charge on any atom is 0.266 e. The van der Waals surface area contributed by atoms with Crippen molar-refractivity contribution in [1.82, 2.24) is 25.2 Å². The highest BCUT2D eigenvalue weighted by Crippen LogP contribution is 2.30. The lowest BCUT2D eigenvalue weighted by Crippen LogP contribution is -2.54. The minimum atomic E-state index is -4.01.